The molecule has 2 aromatic rings. The average molecular weight is 264 g/mol. The number of carboxylic acids is 1. The Morgan fingerprint density at radius 1 is 1.47 bits per heavy atom. The lowest BCUT2D eigenvalue weighted by Crippen LogP contribution is -2.01. The minimum atomic E-state index is -1.13. The van der Waals surface area contributed by atoms with Crippen LogP contribution in [0.2, 0.25) is 0 Å². The first-order chi connectivity index (χ1) is 8.95. The molecule has 0 aliphatic heterocycles. The van der Waals surface area contributed by atoms with Gasteiger partial charge in [-0.05, 0) is 30.7 Å². The number of carboxylic acid groups (broad SMARTS) is 1. The zero-order valence-corrected chi connectivity index (χ0v) is 10.8. The highest BCUT2D eigenvalue weighted by Crippen LogP contribution is 2.34. The highest BCUT2D eigenvalue weighted by Gasteiger charge is 2.19. The Bertz CT molecular complexity index is 650. The van der Waals surface area contributed by atoms with Crippen LogP contribution in [0.4, 0.5) is 4.39 Å². The first kappa shape index (κ1) is 13.1. The van der Waals surface area contributed by atoms with Crippen molar-refractivity contribution >= 4 is 5.97 Å². The van der Waals surface area contributed by atoms with Crippen molar-refractivity contribution in [1.29, 1.82) is 0 Å². The van der Waals surface area contributed by atoms with Crippen molar-refractivity contribution in [3.05, 3.63) is 35.3 Å². The summed E-state index contributed by atoms with van der Waals surface area (Å²) in [5.41, 5.74) is 1.29. The van der Waals surface area contributed by atoms with E-state index in [4.69, 9.17) is 9.84 Å². The van der Waals surface area contributed by atoms with Crippen molar-refractivity contribution in [2.75, 3.05) is 7.11 Å². The summed E-state index contributed by atoms with van der Waals surface area (Å²) in [6.45, 7) is 1.61. The number of aryl methyl sites for hydroxylation is 1. The highest BCUT2D eigenvalue weighted by molar-refractivity contribution is 5.87. The lowest BCUT2D eigenvalue weighted by molar-refractivity contribution is 0.0689. The fourth-order valence-corrected chi connectivity index (χ4v) is 1.96. The summed E-state index contributed by atoms with van der Waals surface area (Å²) in [6, 6.07) is 4.21. The molecule has 1 aromatic heterocycles. The lowest BCUT2D eigenvalue weighted by atomic mass is 10.0. The maximum Gasteiger partial charge on any atom is 0.356 e. The van der Waals surface area contributed by atoms with E-state index in [-0.39, 0.29) is 11.5 Å². The van der Waals surface area contributed by atoms with E-state index in [2.05, 4.69) is 5.10 Å². The maximum absolute atomic E-state index is 13.7. The van der Waals surface area contributed by atoms with E-state index in [1.807, 2.05) is 0 Å². The van der Waals surface area contributed by atoms with Crippen molar-refractivity contribution in [3.8, 4) is 17.0 Å². The van der Waals surface area contributed by atoms with Crippen LogP contribution in [0.15, 0.2) is 18.2 Å². The second-order valence-electron chi connectivity index (χ2n) is 4.09. The Morgan fingerprint density at radius 3 is 2.68 bits per heavy atom. The first-order valence-corrected chi connectivity index (χ1v) is 5.56. The number of rotatable bonds is 3. The van der Waals surface area contributed by atoms with Crippen LogP contribution in [-0.2, 0) is 7.05 Å². The molecule has 1 heterocycles. The normalized spacial score (nSPS) is 10.5. The molecule has 0 spiro atoms. The van der Waals surface area contributed by atoms with Gasteiger partial charge in [0.2, 0.25) is 0 Å². The number of carbonyl (C=O) groups is 1. The molecular weight excluding hydrogens is 251 g/mol. The maximum atomic E-state index is 13.7. The van der Waals surface area contributed by atoms with Gasteiger partial charge in [-0.15, -0.1) is 0 Å². The monoisotopic (exact) mass is 264 g/mol. The third-order valence-corrected chi connectivity index (χ3v) is 2.94. The third kappa shape index (κ3) is 2.16. The topological polar surface area (TPSA) is 64.3 Å². The number of benzene rings is 1. The lowest BCUT2D eigenvalue weighted by Gasteiger charge is -2.12. The third-order valence-electron chi connectivity index (χ3n) is 2.94. The predicted octanol–water partition coefficient (Wildman–Crippen LogP) is 2.24. The summed E-state index contributed by atoms with van der Waals surface area (Å²) in [7, 11) is 3.08. The van der Waals surface area contributed by atoms with E-state index in [9.17, 15) is 9.18 Å². The van der Waals surface area contributed by atoms with Gasteiger partial charge in [0.05, 0.1) is 12.8 Å². The molecule has 0 radical (unpaired) electrons. The van der Waals surface area contributed by atoms with Crippen LogP contribution < -0.4 is 4.74 Å². The molecule has 2 rings (SSSR count). The molecule has 100 valence electrons. The molecule has 0 aliphatic rings. The predicted molar refractivity (Wildman–Crippen MR) is 66.9 cm³/mol. The Hall–Kier alpha value is -2.37. The minimum Gasteiger partial charge on any atom is -0.496 e. The van der Waals surface area contributed by atoms with E-state index >= 15 is 0 Å². The fraction of sp³-hybridized carbons (Fsp3) is 0.231. The number of hydrogen-bond donors (Lipinski definition) is 1. The SMILES string of the molecule is COc1ccc(F)c(C)c1-c1cc(C(=O)O)nn1C. The summed E-state index contributed by atoms with van der Waals surface area (Å²) in [5, 5.41) is 12.8. The number of aromatic carboxylic acids is 1. The van der Waals surface area contributed by atoms with Crippen molar-refractivity contribution in [2.24, 2.45) is 7.05 Å². The Labute approximate surface area is 109 Å². The van der Waals surface area contributed by atoms with Gasteiger partial charge < -0.3 is 9.84 Å². The molecule has 0 bridgehead atoms. The van der Waals surface area contributed by atoms with E-state index in [1.54, 1.807) is 14.0 Å². The Kier molecular flexibility index (Phi) is 3.25. The molecule has 0 saturated heterocycles. The molecule has 0 saturated carbocycles. The molecular formula is C13H13FN2O3. The van der Waals surface area contributed by atoms with Gasteiger partial charge in [0.25, 0.3) is 0 Å². The van der Waals surface area contributed by atoms with Gasteiger partial charge in [-0.25, -0.2) is 9.18 Å². The van der Waals surface area contributed by atoms with Gasteiger partial charge in [0.15, 0.2) is 5.69 Å². The van der Waals surface area contributed by atoms with E-state index in [0.717, 1.165) is 0 Å². The average Bonchev–Trinajstić information content (AvgIpc) is 2.74. The van der Waals surface area contributed by atoms with Gasteiger partial charge in [0, 0.05) is 12.6 Å². The molecule has 0 unspecified atom stereocenters. The zero-order valence-electron chi connectivity index (χ0n) is 10.8. The summed E-state index contributed by atoms with van der Waals surface area (Å²) in [5.74, 6) is -1.04. The van der Waals surface area contributed by atoms with Crippen LogP contribution in [0.5, 0.6) is 5.75 Å². The standard InChI is InChI=1S/C13H13FN2O3/c1-7-8(14)4-5-11(19-3)12(7)10-6-9(13(17)18)15-16(10)2/h4-6H,1-3H3,(H,17,18). The molecule has 0 fully saturated rings. The van der Waals surface area contributed by atoms with Crippen LogP contribution in [0, 0.1) is 12.7 Å². The Morgan fingerprint density at radius 2 is 2.16 bits per heavy atom. The Balaban J connectivity index is 2.71. The summed E-state index contributed by atoms with van der Waals surface area (Å²) >= 11 is 0. The molecule has 0 atom stereocenters. The molecule has 1 N–H and O–H groups in total. The van der Waals surface area contributed by atoms with Crippen LogP contribution >= 0.6 is 0 Å². The molecule has 1 aromatic carbocycles. The summed E-state index contributed by atoms with van der Waals surface area (Å²) in [6.07, 6.45) is 0. The van der Waals surface area contributed by atoms with Crippen LogP contribution in [0.1, 0.15) is 16.1 Å². The number of ether oxygens (including phenoxy) is 1. The van der Waals surface area contributed by atoms with Crippen molar-refractivity contribution in [1.82, 2.24) is 9.78 Å². The van der Waals surface area contributed by atoms with Crippen molar-refractivity contribution in [2.45, 2.75) is 6.92 Å². The van der Waals surface area contributed by atoms with Crippen molar-refractivity contribution < 1.29 is 19.0 Å². The van der Waals surface area contributed by atoms with Gasteiger partial charge >= 0.3 is 5.97 Å². The van der Waals surface area contributed by atoms with E-state index < -0.39 is 5.97 Å². The number of halogens is 1. The quantitative estimate of drug-likeness (QED) is 0.923. The number of nitrogens with zero attached hydrogens (tertiary/aromatic N) is 2. The smallest absolute Gasteiger partial charge is 0.356 e. The molecule has 0 amide bonds. The first-order valence-electron chi connectivity index (χ1n) is 5.56. The van der Waals surface area contributed by atoms with Crippen molar-refractivity contribution in [3.63, 3.8) is 0 Å². The van der Waals surface area contributed by atoms with E-state index in [1.165, 1.54) is 30.0 Å². The number of methoxy groups -OCH3 is 1. The molecule has 6 heteroatoms. The highest BCUT2D eigenvalue weighted by atomic mass is 19.1. The zero-order chi connectivity index (χ0) is 14.2. The molecule has 0 aliphatic carbocycles. The number of hydrogen-bond acceptors (Lipinski definition) is 3. The summed E-state index contributed by atoms with van der Waals surface area (Å²) in [4.78, 5) is 10.9. The molecule has 19 heavy (non-hydrogen) atoms. The van der Waals surface area contributed by atoms with Gasteiger partial charge in [0.1, 0.15) is 11.6 Å². The van der Waals surface area contributed by atoms with Crippen LogP contribution in [-0.4, -0.2) is 28.0 Å². The van der Waals surface area contributed by atoms with Gasteiger partial charge in [-0.2, -0.15) is 5.10 Å². The van der Waals surface area contributed by atoms with Gasteiger partial charge in [-0.3, -0.25) is 4.68 Å². The van der Waals surface area contributed by atoms with Crippen LogP contribution in [0.3, 0.4) is 0 Å². The summed E-state index contributed by atoms with van der Waals surface area (Å²) < 4.78 is 20.3. The number of aromatic nitrogens is 2. The second kappa shape index (κ2) is 4.72. The largest absolute Gasteiger partial charge is 0.496 e. The minimum absolute atomic E-state index is 0.0942. The van der Waals surface area contributed by atoms with Crippen LogP contribution in [0.25, 0.3) is 11.3 Å². The van der Waals surface area contributed by atoms with Gasteiger partial charge in [-0.1, -0.05) is 0 Å². The van der Waals surface area contributed by atoms with E-state index in [0.29, 0.717) is 22.6 Å². The fourth-order valence-electron chi connectivity index (χ4n) is 1.96. The second-order valence-corrected chi connectivity index (χ2v) is 4.09. The molecule has 5 nitrogen and oxygen atoms in total.